The van der Waals surface area contributed by atoms with E-state index in [1.807, 2.05) is 33.8 Å². The SMILES string of the molecule is C/C(I)=C/C=C/C(=O)O.C/C(I)=C/C=O.C/C(I)=C/CO.CC#CCO.COC(=O)/C=C/C=C(/C)I. The van der Waals surface area contributed by atoms with Crippen molar-refractivity contribution in [1.82, 2.24) is 0 Å². The highest BCUT2D eigenvalue weighted by atomic mass is 127. The van der Waals surface area contributed by atoms with Crippen molar-refractivity contribution in [3.63, 3.8) is 0 Å². The molecule has 7 nitrogen and oxygen atoms in total. The number of aliphatic hydroxyl groups excluding tert-OH is 2. The first kappa shape index (κ1) is 45.4. The first-order valence-electron chi connectivity index (χ1n) is 9.78. The number of aliphatic hydroxyl groups is 2. The number of methoxy groups -OCH3 is 1. The van der Waals surface area contributed by atoms with Crippen LogP contribution in [0.1, 0.15) is 34.6 Å². The number of carboxylic acids is 1. The number of hydrogen-bond acceptors (Lipinski definition) is 6. The van der Waals surface area contributed by atoms with Crippen LogP contribution in [0.25, 0.3) is 0 Å². The zero-order valence-corrected chi connectivity index (χ0v) is 29.7. The third-order valence-corrected chi connectivity index (χ3v) is 3.77. The third kappa shape index (κ3) is 76.6. The van der Waals surface area contributed by atoms with Crippen LogP contribution in [0.3, 0.4) is 0 Å². The maximum Gasteiger partial charge on any atom is 0.330 e. The van der Waals surface area contributed by atoms with Gasteiger partial charge in [-0.15, -0.1) is 5.92 Å². The van der Waals surface area contributed by atoms with E-state index < -0.39 is 5.97 Å². The van der Waals surface area contributed by atoms with Crippen molar-refractivity contribution in [2.45, 2.75) is 34.6 Å². The van der Waals surface area contributed by atoms with Crippen molar-refractivity contribution in [3.05, 3.63) is 62.9 Å². The Bertz CT molecular complexity index is 813. The van der Waals surface area contributed by atoms with Crippen LogP contribution < -0.4 is 0 Å². The Morgan fingerprint density at radius 2 is 1.28 bits per heavy atom. The molecule has 204 valence electrons. The normalized spacial score (nSPS) is 11.1. The number of carbonyl (C=O) groups is 3. The number of carboxylic acid groups (broad SMARTS) is 1. The first-order valence-corrected chi connectivity index (χ1v) is 14.1. The van der Waals surface area contributed by atoms with Crippen molar-refractivity contribution < 1.29 is 34.4 Å². The lowest BCUT2D eigenvalue weighted by atomic mass is 10.4. The van der Waals surface area contributed by atoms with Gasteiger partial charge in [-0.1, -0.05) is 36.3 Å². The van der Waals surface area contributed by atoms with Crippen LogP contribution in [-0.4, -0.2) is 53.9 Å². The predicted octanol–water partition coefficient (Wildman–Crippen LogP) is 6.86. The summed E-state index contributed by atoms with van der Waals surface area (Å²) in [6.45, 7) is 9.49. The lowest BCUT2D eigenvalue weighted by Gasteiger charge is -1.86. The summed E-state index contributed by atoms with van der Waals surface area (Å²) < 4.78 is 8.71. The second-order valence-electron chi connectivity index (χ2n) is 5.53. The average molecular weight is 954 g/mol. The number of halogens is 4. The lowest BCUT2D eigenvalue weighted by molar-refractivity contribution is -0.135. The Morgan fingerprint density at radius 1 is 0.833 bits per heavy atom. The molecule has 0 fully saturated rings. The maximum absolute atomic E-state index is 10.5. The number of rotatable bonds is 6. The van der Waals surface area contributed by atoms with E-state index in [9.17, 15) is 14.4 Å². The fraction of sp³-hybridized carbons (Fsp3) is 0.320. The molecular weight excluding hydrogens is 920 g/mol. The van der Waals surface area contributed by atoms with Crippen molar-refractivity contribution in [2.75, 3.05) is 20.3 Å². The second kappa shape index (κ2) is 39.0. The summed E-state index contributed by atoms with van der Waals surface area (Å²) in [6, 6.07) is 0. The molecule has 0 radical (unpaired) electrons. The van der Waals surface area contributed by atoms with E-state index in [4.69, 9.17) is 15.3 Å². The van der Waals surface area contributed by atoms with E-state index in [0.717, 1.165) is 26.7 Å². The van der Waals surface area contributed by atoms with Gasteiger partial charge in [-0.25, -0.2) is 9.59 Å². The molecule has 0 aromatic heterocycles. The van der Waals surface area contributed by atoms with Crippen LogP contribution >= 0.6 is 90.4 Å². The highest BCUT2D eigenvalue weighted by molar-refractivity contribution is 14.1. The predicted molar refractivity (Wildman–Crippen MR) is 183 cm³/mol. The number of aldehydes is 1. The molecule has 0 rings (SSSR count). The molecule has 0 saturated carbocycles. The number of aliphatic carboxylic acids is 1. The molecule has 0 aliphatic heterocycles. The molecule has 0 saturated heterocycles. The van der Waals surface area contributed by atoms with E-state index in [-0.39, 0.29) is 19.2 Å². The quantitative estimate of drug-likeness (QED) is 0.0665. The van der Waals surface area contributed by atoms with Gasteiger partial charge >= 0.3 is 11.9 Å². The molecule has 3 N–H and O–H groups in total. The molecule has 0 amide bonds. The Balaban J connectivity index is -0.000000114. The summed E-state index contributed by atoms with van der Waals surface area (Å²) in [7, 11) is 1.35. The van der Waals surface area contributed by atoms with Gasteiger partial charge in [0.15, 0.2) is 0 Å². The van der Waals surface area contributed by atoms with Gasteiger partial charge in [0, 0.05) is 12.2 Å². The Kier molecular flexibility index (Phi) is 49.1. The fourth-order valence-electron chi connectivity index (χ4n) is 0.889. The summed E-state index contributed by atoms with van der Waals surface area (Å²) in [5.41, 5.74) is 0. The van der Waals surface area contributed by atoms with Gasteiger partial charge < -0.3 is 20.1 Å². The van der Waals surface area contributed by atoms with Crippen molar-refractivity contribution in [2.24, 2.45) is 0 Å². The topological polar surface area (TPSA) is 121 Å². The maximum atomic E-state index is 10.5. The molecule has 11 heteroatoms. The molecule has 0 bridgehead atoms. The first-order chi connectivity index (χ1) is 16.7. The van der Waals surface area contributed by atoms with Gasteiger partial charge in [-0.3, -0.25) is 4.79 Å². The minimum absolute atomic E-state index is 0.0174. The minimum atomic E-state index is -0.913. The van der Waals surface area contributed by atoms with Gasteiger partial charge in [-0.2, -0.15) is 0 Å². The number of esters is 1. The minimum Gasteiger partial charge on any atom is -0.478 e. The summed E-state index contributed by atoms with van der Waals surface area (Å²) >= 11 is 8.48. The lowest BCUT2D eigenvalue weighted by Crippen LogP contribution is -1.92. The molecule has 0 aromatic carbocycles. The number of allylic oxidation sites excluding steroid dienone is 9. The molecule has 0 aliphatic carbocycles. The molecule has 36 heavy (non-hydrogen) atoms. The Hall–Kier alpha value is -0.550. The zero-order chi connectivity index (χ0) is 29.4. The van der Waals surface area contributed by atoms with E-state index >= 15 is 0 Å². The van der Waals surface area contributed by atoms with Gasteiger partial charge in [-0.05, 0) is 145 Å². The Labute approximate surface area is 269 Å². The van der Waals surface area contributed by atoms with Crippen LogP contribution in [-0.2, 0) is 19.1 Å². The van der Waals surface area contributed by atoms with E-state index in [2.05, 4.69) is 107 Å². The van der Waals surface area contributed by atoms with Crippen LogP contribution in [0.2, 0.25) is 0 Å². The van der Waals surface area contributed by atoms with Crippen molar-refractivity contribution in [3.8, 4) is 11.8 Å². The zero-order valence-electron chi connectivity index (χ0n) is 21.1. The summed E-state index contributed by atoms with van der Waals surface area (Å²) in [5.74, 6) is 3.70. The third-order valence-electron chi connectivity index (χ3n) is 2.25. The van der Waals surface area contributed by atoms with Crippen molar-refractivity contribution in [1.29, 1.82) is 0 Å². The number of hydrogen-bond donors (Lipinski definition) is 3. The number of carbonyl (C=O) groups excluding carboxylic acids is 2. The molecule has 0 atom stereocenters. The van der Waals surface area contributed by atoms with Crippen LogP contribution in [0.5, 0.6) is 0 Å². The van der Waals surface area contributed by atoms with Gasteiger partial charge in [0.2, 0.25) is 0 Å². The summed E-state index contributed by atoms with van der Waals surface area (Å²) in [4.78, 5) is 29.8. The largest absolute Gasteiger partial charge is 0.478 e. The molecule has 0 unspecified atom stereocenters. The molecule has 0 heterocycles. The Morgan fingerprint density at radius 3 is 1.44 bits per heavy atom. The fourth-order valence-corrected chi connectivity index (χ4v) is 1.65. The van der Waals surface area contributed by atoms with E-state index in [1.54, 1.807) is 25.2 Å². The second-order valence-corrected chi connectivity index (χ2v) is 12.3. The van der Waals surface area contributed by atoms with Crippen LogP contribution in [0, 0.1) is 11.8 Å². The summed E-state index contributed by atoms with van der Waals surface area (Å²) in [6.07, 6.45) is 13.2. The van der Waals surface area contributed by atoms with E-state index in [1.165, 1.54) is 25.3 Å². The van der Waals surface area contributed by atoms with Crippen LogP contribution in [0.4, 0.5) is 0 Å². The number of ether oxygens (including phenoxy) is 1. The van der Waals surface area contributed by atoms with Crippen molar-refractivity contribution >= 4 is 109 Å². The highest BCUT2D eigenvalue weighted by Crippen LogP contribution is 2.02. The smallest absolute Gasteiger partial charge is 0.330 e. The standard InChI is InChI=1S/C7H9IO2.C6H7IO2.C4H7IO.C4H5IO.C4H6O/c1-6(8)4-3-5-7(9)10-2;1-5(7)3-2-4-6(8)9;2*1-4(5)2-3-6;1-2-3-4-5/h3-5H,1-2H3;2-4H,1H3,(H,8,9);2,6H,3H2,1H3;2-3H,1H3;5H,4H2,1H3/b5-3+,6-4-;4-2+,5-3-;2*4-2-;. The highest BCUT2D eigenvalue weighted by Gasteiger charge is 1.86. The van der Waals surface area contributed by atoms with Crippen LogP contribution in [0.15, 0.2) is 62.9 Å². The van der Waals surface area contributed by atoms with Gasteiger partial charge in [0.25, 0.3) is 0 Å². The molecule has 0 aliphatic rings. The monoisotopic (exact) mass is 954 g/mol. The average Bonchev–Trinajstić information content (AvgIpc) is 2.75. The van der Waals surface area contributed by atoms with Gasteiger partial charge in [0.1, 0.15) is 12.9 Å². The van der Waals surface area contributed by atoms with E-state index in [0.29, 0.717) is 0 Å². The summed E-state index contributed by atoms with van der Waals surface area (Å²) in [5, 5.41) is 24.2. The molecule has 0 spiro atoms. The molecular formula is C25H34I4O7. The molecule has 0 aromatic rings. The van der Waals surface area contributed by atoms with Gasteiger partial charge in [0.05, 0.1) is 13.7 Å².